The second-order valence-corrected chi connectivity index (χ2v) is 14.9. The highest BCUT2D eigenvalue weighted by Crippen LogP contribution is 2.34. The number of nitrogens with zero attached hydrogens (tertiary/aromatic N) is 4. The number of rotatable bonds is 14. The number of aromatic nitrogens is 2. The summed E-state index contributed by atoms with van der Waals surface area (Å²) in [6.07, 6.45) is 12.1. The maximum Gasteiger partial charge on any atom is 0.335 e. The number of nitrogens with one attached hydrogen (secondary N) is 1. The van der Waals surface area contributed by atoms with Crippen LogP contribution in [0.3, 0.4) is 0 Å². The molecule has 0 saturated heterocycles. The SMILES string of the molecule is CCCN(CCC)CCCN.CCN(CC)CCNC(=O)c1ccc2c(Cl)c3c(nc2c1)CCCC3.O=C(O)c1ccc2c(Cl)c3c(nc2c1)CCCC3. The lowest BCUT2D eigenvalue weighted by atomic mass is 9.94. The quantitative estimate of drug-likeness (QED) is 0.116. The highest BCUT2D eigenvalue weighted by atomic mass is 35.5. The molecule has 0 spiro atoms. The Hall–Kier alpha value is -3.34. The van der Waals surface area contributed by atoms with Crippen molar-refractivity contribution < 1.29 is 14.7 Å². The van der Waals surface area contributed by atoms with Gasteiger partial charge in [-0.05, 0) is 145 Å². The van der Waals surface area contributed by atoms with E-state index in [1.807, 2.05) is 18.2 Å². The van der Waals surface area contributed by atoms with Crippen molar-refractivity contribution in [1.82, 2.24) is 25.1 Å². The number of hydrogen-bond donors (Lipinski definition) is 3. The molecule has 0 radical (unpaired) electrons. The van der Waals surface area contributed by atoms with Crippen LogP contribution in [-0.4, -0.2) is 89.1 Å². The van der Waals surface area contributed by atoms with E-state index in [4.69, 9.17) is 39.0 Å². The average Bonchev–Trinajstić information content (AvgIpc) is 3.19. The van der Waals surface area contributed by atoms with Gasteiger partial charge in [-0.25, -0.2) is 4.79 Å². The minimum absolute atomic E-state index is 0.0512. The molecule has 2 aromatic heterocycles. The summed E-state index contributed by atoms with van der Waals surface area (Å²) in [4.78, 5) is 37.5. The summed E-state index contributed by atoms with van der Waals surface area (Å²) in [5.41, 5.74) is 12.3. The van der Waals surface area contributed by atoms with Gasteiger partial charge in [0.1, 0.15) is 0 Å². The highest BCUT2D eigenvalue weighted by molar-refractivity contribution is 6.36. The van der Waals surface area contributed by atoms with Gasteiger partial charge in [0.25, 0.3) is 5.91 Å². The summed E-state index contributed by atoms with van der Waals surface area (Å²) in [5.74, 6) is -0.989. The summed E-state index contributed by atoms with van der Waals surface area (Å²) in [7, 11) is 0. The Morgan fingerprint density at radius 1 is 0.722 bits per heavy atom. The van der Waals surface area contributed by atoms with Crippen molar-refractivity contribution in [2.24, 2.45) is 5.73 Å². The molecule has 0 fully saturated rings. The summed E-state index contributed by atoms with van der Waals surface area (Å²) in [6, 6.07) is 10.6. The van der Waals surface area contributed by atoms with Gasteiger partial charge in [-0.1, -0.05) is 63.0 Å². The third kappa shape index (κ3) is 11.8. The van der Waals surface area contributed by atoms with Gasteiger partial charge in [0.15, 0.2) is 0 Å². The monoisotopic (exact) mass is 778 g/mol. The lowest BCUT2D eigenvalue weighted by molar-refractivity contribution is 0.0696. The predicted molar refractivity (Wildman–Crippen MR) is 225 cm³/mol. The van der Waals surface area contributed by atoms with E-state index in [-0.39, 0.29) is 11.5 Å². The molecule has 2 heterocycles. The lowest BCUT2D eigenvalue weighted by Gasteiger charge is -2.19. The van der Waals surface area contributed by atoms with Crippen LogP contribution in [0.5, 0.6) is 0 Å². The number of hydrogen-bond acceptors (Lipinski definition) is 7. The van der Waals surface area contributed by atoms with E-state index in [0.717, 1.165) is 121 Å². The molecule has 6 rings (SSSR count). The zero-order valence-electron chi connectivity index (χ0n) is 32.8. The number of carboxylic acids is 1. The summed E-state index contributed by atoms with van der Waals surface area (Å²) >= 11 is 13.0. The Kier molecular flexibility index (Phi) is 17.9. The van der Waals surface area contributed by atoms with Gasteiger partial charge in [0.2, 0.25) is 0 Å². The first-order valence-electron chi connectivity index (χ1n) is 20.0. The zero-order valence-corrected chi connectivity index (χ0v) is 34.3. The fraction of sp³-hybridized carbons (Fsp3) is 0.535. The molecule has 0 saturated carbocycles. The highest BCUT2D eigenvalue weighted by Gasteiger charge is 2.19. The third-order valence-electron chi connectivity index (χ3n) is 10.3. The number of pyridine rings is 2. The topological polar surface area (TPSA) is 125 Å². The van der Waals surface area contributed by atoms with Crippen LogP contribution in [0.2, 0.25) is 10.0 Å². The fourth-order valence-corrected chi connectivity index (χ4v) is 7.99. The van der Waals surface area contributed by atoms with Gasteiger partial charge in [-0.2, -0.15) is 0 Å². The number of likely N-dealkylation sites (N-methyl/N-ethyl adjacent to an activating group) is 1. The van der Waals surface area contributed by atoms with Crippen molar-refractivity contribution in [3.63, 3.8) is 0 Å². The molecule has 54 heavy (non-hydrogen) atoms. The molecule has 0 atom stereocenters. The first kappa shape index (κ1) is 43.4. The number of fused-ring (bicyclic) bond motifs is 4. The number of aromatic carboxylic acids is 1. The van der Waals surface area contributed by atoms with Crippen molar-refractivity contribution in [3.8, 4) is 0 Å². The number of nitrogens with two attached hydrogens (primary N) is 1. The second kappa shape index (κ2) is 22.3. The van der Waals surface area contributed by atoms with Crippen LogP contribution < -0.4 is 11.1 Å². The Morgan fingerprint density at radius 3 is 1.70 bits per heavy atom. The van der Waals surface area contributed by atoms with E-state index in [1.165, 1.54) is 44.5 Å². The molecular weight excluding hydrogens is 719 g/mol. The molecule has 9 nitrogen and oxygen atoms in total. The van der Waals surface area contributed by atoms with Crippen molar-refractivity contribution >= 4 is 56.9 Å². The third-order valence-corrected chi connectivity index (χ3v) is 11.1. The van der Waals surface area contributed by atoms with Gasteiger partial charge >= 0.3 is 5.97 Å². The first-order valence-corrected chi connectivity index (χ1v) is 20.8. The van der Waals surface area contributed by atoms with Gasteiger partial charge in [-0.15, -0.1) is 0 Å². The van der Waals surface area contributed by atoms with Crippen LogP contribution in [0, 0.1) is 0 Å². The largest absolute Gasteiger partial charge is 0.478 e. The van der Waals surface area contributed by atoms with Crippen LogP contribution in [-0.2, 0) is 25.7 Å². The lowest BCUT2D eigenvalue weighted by Crippen LogP contribution is -2.34. The molecule has 4 N–H and O–H groups in total. The maximum absolute atomic E-state index is 12.4. The van der Waals surface area contributed by atoms with Crippen LogP contribution in [0.15, 0.2) is 36.4 Å². The molecule has 0 unspecified atom stereocenters. The molecular formula is C43H60Cl2N6O3. The van der Waals surface area contributed by atoms with Crippen molar-refractivity contribution in [1.29, 1.82) is 0 Å². The number of benzene rings is 2. The van der Waals surface area contributed by atoms with E-state index in [2.05, 4.69) is 47.8 Å². The Morgan fingerprint density at radius 2 is 1.22 bits per heavy atom. The van der Waals surface area contributed by atoms with Crippen molar-refractivity contribution in [2.75, 3.05) is 52.4 Å². The van der Waals surface area contributed by atoms with Gasteiger partial charge in [0, 0.05) is 40.8 Å². The van der Waals surface area contributed by atoms with Gasteiger partial charge in [0.05, 0.1) is 26.6 Å². The molecule has 0 bridgehead atoms. The van der Waals surface area contributed by atoms with Crippen molar-refractivity contribution in [2.45, 2.75) is 98.3 Å². The van der Waals surface area contributed by atoms with E-state index in [1.54, 1.807) is 18.2 Å². The molecule has 4 aromatic rings. The minimum atomic E-state index is -0.937. The zero-order chi connectivity index (χ0) is 39.0. The Labute approximate surface area is 332 Å². The van der Waals surface area contributed by atoms with E-state index < -0.39 is 5.97 Å². The summed E-state index contributed by atoms with van der Waals surface area (Å²) in [6.45, 7) is 16.7. The Bertz CT molecular complexity index is 1840. The normalized spacial score (nSPS) is 13.5. The van der Waals surface area contributed by atoms with Crippen LogP contribution in [0.4, 0.5) is 0 Å². The van der Waals surface area contributed by atoms with E-state index >= 15 is 0 Å². The van der Waals surface area contributed by atoms with Gasteiger partial charge < -0.3 is 26.0 Å². The average molecular weight is 780 g/mol. The van der Waals surface area contributed by atoms with Crippen LogP contribution in [0.1, 0.15) is 116 Å². The minimum Gasteiger partial charge on any atom is -0.478 e. The van der Waals surface area contributed by atoms with Crippen LogP contribution >= 0.6 is 23.2 Å². The van der Waals surface area contributed by atoms with Gasteiger partial charge in [-0.3, -0.25) is 14.8 Å². The molecule has 2 aliphatic rings. The Balaban J connectivity index is 0.000000196. The smallest absolute Gasteiger partial charge is 0.335 e. The molecule has 11 heteroatoms. The van der Waals surface area contributed by atoms with E-state index in [0.29, 0.717) is 17.6 Å². The standard InChI is InChI=1S/C20H26ClN3O.C14H12ClNO2.C9H22N2/c1-3-24(4-2)12-11-22-20(25)14-9-10-16-18(13-14)23-17-8-6-5-7-15(17)19(16)21;15-13-9-3-1-2-4-11(9)16-12-7-8(14(17)18)5-6-10(12)13;1-3-7-11(8-4-2)9-5-6-10/h9-10,13H,3-8,11-12H2,1-2H3,(H,22,25);5-7H,1-4H2,(H,17,18);3-10H2,1-2H3. The number of aryl methyl sites for hydroxylation is 2. The fourth-order valence-electron chi connectivity index (χ4n) is 7.26. The number of carbonyl (C=O) groups excluding carboxylic acids is 1. The summed E-state index contributed by atoms with van der Waals surface area (Å²) < 4.78 is 0. The number of carboxylic acid groups (broad SMARTS) is 1. The number of halogens is 2. The molecule has 1 amide bonds. The number of carbonyl (C=O) groups is 2. The summed E-state index contributed by atoms with van der Waals surface area (Å²) in [5, 5.41) is 15.3. The molecule has 2 aromatic carbocycles. The molecule has 0 aliphatic heterocycles. The molecule has 2 aliphatic carbocycles. The second-order valence-electron chi connectivity index (χ2n) is 14.2. The van der Waals surface area contributed by atoms with E-state index in [9.17, 15) is 9.59 Å². The first-order chi connectivity index (χ1) is 26.1. The van der Waals surface area contributed by atoms with Crippen LogP contribution in [0.25, 0.3) is 21.8 Å². The number of amides is 1. The predicted octanol–water partition coefficient (Wildman–Crippen LogP) is 8.76. The van der Waals surface area contributed by atoms with Crippen molar-refractivity contribution in [3.05, 3.63) is 80.1 Å². The maximum atomic E-state index is 12.4. The molecule has 294 valence electrons.